The first-order chi connectivity index (χ1) is 10.8. The first-order valence-electron chi connectivity index (χ1n) is 8.01. The second kappa shape index (κ2) is 7.04. The van der Waals surface area contributed by atoms with Gasteiger partial charge in [0.15, 0.2) is 0 Å². The van der Waals surface area contributed by atoms with E-state index in [1.165, 1.54) is 6.26 Å². The zero-order valence-electron chi connectivity index (χ0n) is 14.3. The van der Waals surface area contributed by atoms with Crippen LogP contribution in [0.25, 0.3) is 0 Å². The SMILES string of the molecule is CC[C@@H]1CN(S(C)(=O)=O)CC[C@H]1NCc1cc(C#N)n(C)c1C. The zero-order chi connectivity index (χ0) is 17.2. The molecule has 6 nitrogen and oxygen atoms in total. The van der Waals surface area contributed by atoms with Crippen LogP contribution in [0.2, 0.25) is 0 Å². The molecule has 2 rings (SSSR count). The Kier molecular flexibility index (Phi) is 5.50. The van der Waals surface area contributed by atoms with Gasteiger partial charge in [-0.3, -0.25) is 0 Å². The lowest BCUT2D eigenvalue weighted by Gasteiger charge is -2.37. The normalized spacial score (nSPS) is 22.9. The molecule has 1 N–H and O–H groups in total. The van der Waals surface area contributed by atoms with E-state index in [0.29, 0.717) is 37.3 Å². The summed E-state index contributed by atoms with van der Waals surface area (Å²) in [4.78, 5) is 0. The van der Waals surface area contributed by atoms with E-state index in [9.17, 15) is 8.42 Å². The summed E-state index contributed by atoms with van der Waals surface area (Å²) in [6.07, 6.45) is 3.05. The van der Waals surface area contributed by atoms with Crippen molar-refractivity contribution in [1.82, 2.24) is 14.2 Å². The molecule has 2 heterocycles. The molecule has 0 aliphatic carbocycles. The zero-order valence-corrected chi connectivity index (χ0v) is 15.2. The smallest absolute Gasteiger partial charge is 0.211 e. The lowest BCUT2D eigenvalue weighted by molar-refractivity contribution is 0.201. The van der Waals surface area contributed by atoms with E-state index in [1.807, 2.05) is 24.6 Å². The molecule has 7 heteroatoms. The van der Waals surface area contributed by atoms with E-state index in [0.717, 1.165) is 24.1 Å². The summed E-state index contributed by atoms with van der Waals surface area (Å²) in [6, 6.07) is 4.43. The van der Waals surface area contributed by atoms with E-state index in [2.05, 4.69) is 18.3 Å². The van der Waals surface area contributed by atoms with Crippen LogP contribution in [-0.2, 0) is 23.6 Å². The number of hydrogen-bond donors (Lipinski definition) is 1. The summed E-state index contributed by atoms with van der Waals surface area (Å²) < 4.78 is 26.9. The molecule has 0 spiro atoms. The number of aromatic nitrogens is 1. The van der Waals surface area contributed by atoms with E-state index < -0.39 is 10.0 Å². The standard InChI is InChI=1S/C16H26N4O2S/c1-5-13-11-20(23(4,21)22)7-6-16(13)18-10-14-8-15(9-17)19(3)12(14)2/h8,13,16,18H,5-7,10-11H2,1-4H3/t13-,16-/m1/s1. The maximum atomic E-state index is 11.7. The maximum Gasteiger partial charge on any atom is 0.211 e. The first-order valence-corrected chi connectivity index (χ1v) is 9.86. The third-order valence-corrected chi connectivity index (χ3v) is 6.27. The predicted molar refractivity (Wildman–Crippen MR) is 90.3 cm³/mol. The Morgan fingerprint density at radius 2 is 2.17 bits per heavy atom. The molecule has 0 amide bonds. The Bertz CT molecular complexity index is 702. The van der Waals surface area contributed by atoms with Crippen molar-refractivity contribution < 1.29 is 8.42 Å². The molecule has 128 valence electrons. The van der Waals surface area contributed by atoms with Crippen molar-refractivity contribution in [2.24, 2.45) is 13.0 Å². The van der Waals surface area contributed by atoms with Gasteiger partial charge in [0, 0.05) is 38.4 Å². The highest BCUT2D eigenvalue weighted by atomic mass is 32.2. The van der Waals surface area contributed by atoms with Crippen molar-refractivity contribution in [3.63, 3.8) is 0 Å². The average Bonchev–Trinajstić information content (AvgIpc) is 2.79. The molecule has 1 aromatic rings. The molecule has 0 radical (unpaired) electrons. The van der Waals surface area contributed by atoms with Gasteiger partial charge in [0.2, 0.25) is 10.0 Å². The van der Waals surface area contributed by atoms with E-state index in [-0.39, 0.29) is 0 Å². The Morgan fingerprint density at radius 1 is 1.48 bits per heavy atom. The quantitative estimate of drug-likeness (QED) is 0.879. The number of sulfonamides is 1. The van der Waals surface area contributed by atoms with E-state index in [1.54, 1.807) is 4.31 Å². The highest BCUT2D eigenvalue weighted by Crippen LogP contribution is 2.23. The fraction of sp³-hybridized carbons (Fsp3) is 0.688. The number of piperidine rings is 1. The van der Waals surface area contributed by atoms with Crippen molar-refractivity contribution in [2.75, 3.05) is 19.3 Å². The molecule has 0 unspecified atom stereocenters. The lowest BCUT2D eigenvalue weighted by Crippen LogP contribution is -2.50. The molecule has 1 aliphatic heterocycles. The number of hydrogen-bond acceptors (Lipinski definition) is 4. The summed E-state index contributed by atoms with van der Waals surface area (Å²) in [5.74, 6) is 0.318. The maximum absolute atomic E-state index is 11.7. The van der Waals surface area contributed by atoms with Crippen LogP contribution in [0, 0.1) is 24.2 Å². The Balaban J connectivity index is 2.02. The summed E-state index contributed by atoms with van der Waals surface area (Å²) >= 11 is 0. The lowest BCUT2D eigenvalue weighted by atomic mass is 9.91. The first kappa shape index (κ1) is 18.0. The average molecular weight is 338 g/mol. The Labute approximate surface area is 139 Å². The van der Waals surface area contributed by atoms with Crippen LogP contribution in [0.4, 0.5) is 0 Å². The Hall–Kier alpha value is -1.36. The summed E-state index contributed by atoms with van der Waals surface area (Å²) in [7, 11) is -1.21. The van der Waals surface area contributed by atoms with E-state index in [4.69, 9.17) is 5.26 Å². The van der Waals surface area contributed by atoms with Gasteiger partial charge in [-0.25, -0.2) is 12.7 Å². The second-order valence-corrected chi connectivity index (χ2v) is 8.36. The van der Waals surface area contributed by atoms with Crippen molar-refractivity contribution >= 4 is 10.0 Å². The molecule has 0 aromatic carbocycles. The van der Waals surface area contributed by atoms with Gasteiger partial charge in [-0.15, -0.1) is 0 Å². The Morgan fingerprint density at radius 3 is 2.70 bits per heavy atom. The number of rotatable bonds is 5. The number of nitrogens with one attached hydrogen (secondary N) is 1. The fourth-order valence-corrected chi connectivity index (χ4v) is 4.17. The second-order valence-electron chi connectivity index (χ2n) is 6.38. The van der Waals surface area contributed by atoms with Crippen molar-refractivity contribution in [3.05, 3.63) is 23.0 Å². The molecule has 23 heavy (non-hydrogen) atoms. The van der Waals surface area contributed by atoms with E-state index >= 15 is 0 Å². The summed E-state index contributed by atoms with van der Waals surface area (Å²) in [6.45, 7) is 5.99. The van der Waals surface area contributed by atoms with Crippen molar-refractivity contribution in [3.8, 4) is 6.07 Å². The molecule has 1 saturated heterocycles. The monoisotopic (exact) mass is 338 g/mol. The van der Waals surface area contributed by atoms with Gasteiger partial charge < -0.3 is 9.88 Å². The molecular weight excluding hydrogens is 312 g/mol. The molecule has 0 bridgehead atoms. The number of nitriles is 1. The van der Waals surface area contributed by atoms with Crippen LogP contribution in [-0.4, -0.2) is 42.7 Å². The van der Waals surface area contributed by atoms with Crippen molar-refractivity contribution in [1.29, 1.82) is 5.26 Å². The van der Waals surface area contributed by atoms with Gasteiger partial charge in [-0.05, 0) is 30.9 Å². The third kappa shape index (κ3) is 3.94. The minimum atomic E-state index is -3.11. The molecule has 2 atom stereocenters. The van der Waals surface area contributed by atoms with Crippen LogP contribution >= 0.6 is 0 Å². The van der Waals surface area contributed by atoms with Gasteiger partial charge in [0.1, 0.15) is 11.8 Å². The van der Waals surface area contributed by atoms with Crippen LogP contribution in [0.15, 0.2) is 6.07 Å². The van der Waals surface area contributed by atoms with Gasteiger partial charge in [-0.1, -0.05) is 13.3 Å². The predicted octanol–water partition coefficient (Wildman–Crippen LogP) is 1.35. The third-order valence-electron chi connectivity index (χ3n) is 5.00. The molecule has 1 aromatic heterocycles. The van der Waals surface area contributed by atoms with Crippen LogP contribution < -0.4 is 5.32 Å². The highest BCUT2D eigenvalue weighted by Gasteiger charge is 2.31. The summed E-state index contributed by atoms with van der Waals surface area (Å²) in [5, 5.41) is 12.7. The van der Waals surface area contributed by atoms with Gasteiger partial charge >= 0.3 is 0 Å². The molecule has 1 aliphatic rings. The molecular formula is C16H26N4O2S. The fourth-order valence-electron chi connectivity index (χ4n) is 3.27. The van der Waals surface area contributed by atoms with Crippen LogP contribution in [0.1, 0.15) is 36.7 Å². The van der Waals surface area contributed by atoms with Gasteiger partial charge in [-0.2, -0.15) is 5.26 Å². The highest BCUT2D eigenvalue weighted by molar-refractivity contribution is 7.88. The van der Waals surface area contributed by atoms with Crippen molar-refractivity contribution in [2.45, 2.75) is 39.3 Å². The summed E-state index contributed by atoms with van der Waals surface area (Å²) in [5.41, 5.74) is 2.89. The van der Waals surface area contributed by atoms with Gasteiger partial charge in [0.25, 0.3) is 0 Å². The molecule has 1 fully saturated rings. The largest absolute Gasteiger partial charge is 0.340 e. The van der Waals surface area contributed by atoms with Gasteiger partial charge in [0.05, 0.1) is 6.26 Å². The minimum Gasteiger partial charge on any atom is -0.340 e. The molecule has 0 saturated carbocycles. The van der Waals surface area contributed by atoms with Crippen LogP contribution in [0.5, 0.6) is 0 Å². The minimum absolute atomic E-state index is 0.308. The number of nitrogens with zero attached hydrogens (tertiary/aromatic N) is 3. The topological polar surface area (TPSA) is 78.1 Å². The van der Waals surface area contributed by atoms with Crippen LogP contribution in [0.3, 0.4) is 0 Å².